The number of rotatable bonds is 7. The topological polar surface area (TPSA) is 61.6 Å². The number of aromatic nitrogens is 2. The minimum atomic E-state index is 0.101. The van der Waals surface area contributed by atoms with Crippen LogP contribution >= 0.6 is 0 Å². The highest BCUT2D eigenvalue weighted by atomic mass is 16.3. The Balaban J connectivity index is 1.03. The molecule has 0 aliphatic carbocycles. The normalized spacial score (nSPS) is 23.8. The maximum Gasteiger partial charge on any atom is 0.226 e. The molecule has 1 amide bonds. The fourth-order valence-corrected chi connectivity index (χ4v) is 8.35. The van der Waals surface area contributed by atoms with E-state index in [1.807, 2.05) is 12.1 Å². The van der Waals surface area contributed by atoms with Gasteiger partial charge in [-0.25, -0.2) is 4.98 Å². The van der Waals surface area contributed by atoms with Crippen LogP contribution in [-0.2, 0) is 16.6 Å². The number of benzene rings is 3. The molecule has 3 atom stereocenters. The van der Waals surface area contributed by atoms with Crippen LogP contribution in [0.15, 0.2) is 78.9 Å². The molecule has 6 heteroatoms. The van der Waals surface area contributed by atoms with E-state index in [-0.39, 0.29) is 17.1 Å². The number of piperidine rings is 2. The first-order chi connectivity index (χ1) is 20.5. The van der Waals surface area contributed by atoms with Crippen LogP contribution in [0.5, 0.6) is 5.75 Å². The average Bonchev–Trinajstić information content (AvgIpc) is 3.48. The fourth-order valence-electron chi connectivity index (χ4n) is 8.35. The van der Waals surface area contributed by atoms with Crippen LogP contribution in [0.3, 0.4) is 0 Å². The van der Waals surface area contributed by atoms with Gasteiger partial charge in [0.2, 0.25) is 5.91 Å². The van der Waals surface area contributed by atoms with Gasteiger partial charge in [-0.2, -0.15) is 0 Å². The number of likely N-dealkylation sites (tertiary alicyclic amines) is 1. The van der Waals surface area contributed by atoms with Crippen molar-refractivity contribution in [3.05, 3.63) is 95.8 Å². The summed E-state index contributed by atoms with van der Waals surface area (Å²) in [6, 6.07) is 28.5. The van der Waals surface area contributed by atoms with Crippen molar-refractivity contribution in [2.75, 3.05) is 19.6 Å². The molecule has 4 heterocycles. The standard InChI is InChI=1S/C36H42N4O2/c1-26-37-33-9-5-6-10-34(33)40(26)31-24-29-13-14-30(25-31)39(29)22-19-36(28-7-3-2-4-8-28)17-20-38(21-18-36)35(42)23-27-11-15-32(41)16-12-27/h2-12,15-16,29-31,41H,13-14,17-25H2,1H3/t29-,30+,31?. The summed E-state index contributed by atoms with van der Waals surface area (Å²) in [6.07, 6.45) is 8.54. The molecule has 3 aromatic carbocycles. The second-order valence-electron chi connectivity index (χ2n) is 12.9. The van der Waals surface area contributed by atoms with E-state index in [4.69, 9.17) is 4.98 Å². The van der Waals surface area contributed by atoms with E-state index in [0.717, 1.165) is 55.8 Å². The molecule has 2 bridgehead atoms. The number of fused-ring (bicyclic) bond motifs is 3. The van der Waals surface area contributed by atoms with Gasteiger partial charge in [-0.05, 0) is 99.2 Å². The summed E-state index contributed by atoms with van der Waals surface area (Å²) in [6.45, 7) is 4.89. The molecular formula is C36H42N4O2. The Kier molecular flexibility index (Phi) is 7.27. The Hall–Kier alpha value is -3.64. The zero-order chi connectivity index (χ0) is 28.7. The maximum absolute atomic E-state index is 13.2. The van der Waals surface area contributed by atoms with Crippen LogP contribution < -0.4 is 0 Å². The molecule has 3 saturated heterocycles. The Labute approximate surface area is 249 Å². The number of aryl methyl sites for hydroxylation is 1. The van der Waals surface area contributed by atoms with E-state index in [2.05, 4.69) is 75.9 Å². The van der Waals surface area contributed by atoms with Gasteiger partial charge in [0, 0.05) is 31.2 Å². The summed E-state index contributed by atoms with van der Waals surface area (Å²) in [5.41, 5.74) is 4.88. The first-order valence-corrected chi connectivity index (χ1v) is 15.8. The Morgan fingerprint density at radius 1 is 0.881 bits per heavy atom. The van der Waals surface area contributed by atoms with Gasteiger partial charge in [0.25, 0.3) is 0 Å². The van der Waals surface area contributed by atoms with Gasteiger partial charge < -0.3 is 14.6 Å². The number of amides is 1. The number of hydrogen-bond acceptors (Lipinski definition) is 4. The molecule has 1 aromatic heterocycles. The van der Waals surface area contributed by atoms with Crippen LogP contribution in [-0.4, -0.2) is 62.1 Å². The van der Waals surface area contributed by atoms with Crippen molar-refractivity contribution < 1.29 is 9.90 Å². The lowest BCUT2D eigenvalue weighted by molar-refractivity contribution is -0.132. The van der Waals surface area contributed by atoms with Gasteiger partial charge in [0.15, 0.2) is 0 Å². The third-order valence-corrected chi connectivity index (χ3v) is 10.6. The summed E-state index contributed by atoms with van der Waals surface area (Å²) >= 11 is 0. The summed E-state index contributed by atoms with van der Waals surface area (Å²) in [5, 5.41) is 9.59. The van der Waals surface area contributed by atoms with E-state index >= 15 is 0 Å². The highest BCUT2D eigenvalue weighted by Gasteiger charge is 2.44. The van der Waals surface area contributed by atoms with Crippen molar-refractivity contribution in [3.8, 4) is 5.75 Å². The Bertz CT molecular complexity index is 1520. The molecule has 3 aliphatic heterocycles. The molecule has 0 spiro atoms. The minimum absolute atomic E-state index is 0.101. The first-order valence-electron chi connectivity index (χ1n) is 15.8. The van der Waals surface area contributed by atoms with Crippen molar-refractivity contribution in [2.45, 2.75) is 81.8 Å². The molecule has 0 radical (unpaired) electrons. The molecule has 7 rings (SSSR count). The fraction of sp³-hybridized carbons (Fsp3) is 0.444. The van der Waals surface area contributed by atoms with E-state index in [0.29, 0.717) is 24.5 Å². The number of imidazole rings is 1. The highest BCUT2D eigenvalue weighted by molar-refractivity contribution is 5.79. The van der Waals surface area contributed by atoms with E-state index in [9.17, 15) is 9.90 Å². The molecule has 0 saturated carbocycles. The van der Waals surface area contributed by atoms with Gasteiger partial charge in [-0.1, -0.05) is 54.6 Å². The van der Waals surface area contributed by atoms with Crippen LogP contribution in [0.2, 0.25) is 0 Å². The molecule has 1 unspecified atom stereocenters. The number of nitrogens with zero attached hydrogens (tertiary/aromatic N) is 4. The van der Waals surface area contributed by atoms with Crippen LogP contribution in [0.4, 0.5) is 0 Å². The maximum atomic E-state index is 13.2. The first kappa shape index (κ1) is 27.2. The van der Waals surface area contributed by atoms with Crippen LogP contribution in [0.1, 0.15) is 67.9 Å². The van der Waals surface area contributed by atoms with Gasteiger partial charge in [0.05, 0.1) is 17.5 Å². The number of para-hydroxylation sites is 2. The number of carbonyl (C=O) groups excluding carboxylic acids is 1. The van der Waals surface area contributed by atoms with Crippen molar-refractivity contribution in [3.63, 3.8) is 0 Å². The molecule has 42 heavy (non-hydrogen) atoms. The van der Waals surface area contributed by atoms with Gasteiger partial charge in [0.1, 0.15) is 11.6 Å². The molecule has 218 valence electrons. The minimum Gasteiger partial charge on any atom is -0.508 e. The van der Waals surface area contributed by atoms with E-state index < -0.39 is 0 Å². The largest absolute Gasteiger partial charge is 0.508 e. The number of aromatic hydroxyl groups is 1. The highest BCUT2D eigenvalue weighted by Crippen LogP contribution is 2.45. The second kappa shape index (κ2) is 11.2. The average molecular weight is 563 g/mol. The van der Waals surface area contributed by atoms with E-state index in [1.54, 1.807) is 12.1 Å². The monoisotopic (exact) mass is 562 g/mol. The summed E-state index contributed by atoms with van der Waals surface area (Å²) in [4.78, 5) is 23.0. The third-order valence-electron chi connectivity index (χ3n) is 10.6. The Morgan fingerprint density at radius 3 is 2.26 bits per heavy atom. The zero-order valence-electron chi connectivity index (χ0n) is 24.7. The molecule has 3 fully saturated rings. The summed E-state index contributed by atoms with van der Waals surface area (Å²) in [5.74, 6) is 1.56. The number of hydrogen-bond donors (Lipinski definition) is 1. The smallest absolute Gasteiger partial charge is 0.226 e. The molecule has 6 nitrogen and oxygen atoms in total. The quantitative estimate of drug-likeness (QED) is 0.283. The van der Waals surface area contributed by atoms with Gasteiger partial charge in [-0.15, -0.1) is 0 Å². The van der Waals surface area contributed by atoms with Crippen molar-refractivity contribution in [1.82, 2.24) is 19.4 Å². The van der Waals surface area contributed by atoms with Crippen molar-refractivity contribution in [2.24, 2.45) is 0 Å². The Morgan fingerprint density at radius 2 is 1.55 bits per heavy atom. The number of carbonyl (C=O) groups is 1. The molecule has 3 aliphatic rings. The predicted molar refractivity (Wildman–Crippen MR) is 167 cm³/mol. The lowest BCUT2D eigenvalue weighted by Crippen LogP contribution is -2.49. The zero-order valence-corrected chi connectivity index (χ0v) is 24.7. The lowest BCUT2D eigenvalue weighted by Gasteiger charge is -2.45. The molecular weight excluding hydrogens is 520 g/mol. The van der Waals surface area contributed by atoms with Crippen LogP contribution in [0, 0.1) is 6.92 Å². The van der Waals surface area contributed by atoms with Gasteiger partial charge in [-0.3, -0.25) is 9.69 Å². The number of phenolic OH excluding ortho intramolecular Hbond substituents is 1. The van der Waals surface area contributed by atoms with Crippen molar-refractivity contribution >= 4 is 16.9 Å². The molecule has 1 N–H and O–H groups in total. The SMILES string of the molecule is Cc1nc2ccccc2n1C1C[C@H]2CC[C@@H](C1)N2CCC1(c2ccccc2)CCN(C(=O)Cc2ccc(O)cc2)CC1. The predicted octanol–water partition coefficient (Wildman–Crippen LogP) is 6.41. The lowest BCUT2D eigenvalue weighted by atomic mass is 9.70. The van der Waals surface area contributed by atoms with Crippen molar-refractivity contribution in [1.29, 1.82) is 0 Å². The van der Waals surface area contributed by atoms with Gasteiger partial charge >= 0.3 is 0 Å². The van der Waals surface area contributed by atoms with Crippen LogP contribution in [0.25, 0.3) is 11.0 Å². The number of phenols is 1. The summed E-state index contributed by atoms with van der Waals surface area (Å²) < 4.78 is 2.52. The summed E-state index contributed by atoms with van der Waals surface area (Å²) in [7, 11) is 0. The second-order valence-corrected chi connectivity index (χ2v) is 12.9. The molecule has 4 aromatic rings. The van der Waals surface area contributed by atoms with E-state index in [1.165, 1.54) is 36.8 Å². The third kappa shape index (κ3) is 5.11.